The maximum Gasteiger partial charge on any atom is 0.209 e. The molecular formula is C13H14N4OS2. The first-order valence-corrected chi connectivity index (χ1v) is 8.45. The quantitative estimate of drug-likeness (QED) is 0.647. The average Bonchev–Trinajstić information content (AvgIpc) is 2.97. The first-order valence-electron chi connectivity index (χ1n) is 6.41. The molecule has 0 spiro atoms. The minimum atomic E-state index is -0.129. The number of thioether (sulfide) groups is 1. The number of nitrogens with zero attached hydrogens (tertiary/aromatic N) is 4. The van der Waals surface area contributed by atoms with E-state index in [0.717, 1.165) is 27.4 Å². The van der Waals surface area contributed by atoms with Gasteiger partial charge in [0.1, 0.15) is 11.2 Å². The molecule has 0 aliphatic carbocycles. The van der Waals surface area contributed by atoms with Crippen molar-refractivity contribution in [2.24, 2.45) is 0 Å². The SMILES string of the molecule is CSc1nc2c3c4c(sc3ncn2n1)COC(C)(C)C4. The van der Waals surface area contributed by atoms with E-state index in [0.29, 0.717) is 6.61 Å². The number of hydrogen-bond donors (Lipinski definition) is 0. The third-order valence-corrected chi connectivity index (χ3v) is 5.22. The highest BCUT2D eigenvalue weighted by Crippen LogP contribution is 2.39. The lowest BCUT2D eigenvalue weighted by atomic mass is 9.94. The molecule has 0 saturated carbocycles. The molecule has 7 heteroatoms. The summed E-state index contributed by atoms with van der Waals surface area (Å²) in [6.07, 6.45) is 4.63. The number of fused-ring (bicyclic) bond motifs is 5. The Kier molecular flexibility index (Phi) is 2.61. The molecule has 0 unspecified atom stereocenters. The Morgan fingerprint density at radius 2 is 2.30 bits per heavy atom. The fourth-order valence-electron chi connectivity index (χ4n) is 2.61. The standard InChI is InChI=1S/C13H14N4OS2/c1-13(2)4-7-8(5-18-13)20-11-9(7)10-15-12(19-3)16-17(10)6-14-11/h6H,4-5H2,1-3H3. The highest BCUT2D eigenvalue weighted by molar-refractivity contribution is 7.98. The summed E-state index contributed by atoms with van der Waals surface area (Å²) in [6.45, 7) is 4.92. The van der Waals surface area contributed by atoms with Gasteiger partial charge in [0.25, 0.3) is 0 Å². The van der Waals surface area contributed by atoms with Gasteiger partial charge in [0, 0.05) is 11.3 Å². The van der Waals surface area contributed by atoms with E-state index in [2.05, 4.69) is 28.9 Å². The van der Waals surface area contributed by atoms with Crippen LogP contribution < -0.4 is 0 Å². The Morgan fingerprint density at radius 1 is 1.45 bits per heavy atom. The molecule has 0 atom stereocenters. The van der Waals surface area contributed by atoms with Crippen LogP contribution in [0.3, 0.4) is 0 Å². The van der Waals surface area contributed by atoms with Crippen molar-refractivity contribution in [2.75, 3.05) is 6.26 Å². The van der Waals surface area contributed by atoms with Crippen molar-refractivity contribution in [3.05, 3.63) is 16.8 Å². The Bertz CT molecular complexity index is 821. The summed E-state index contributed by atoms with van der Waals surface area (Å²) in [5.74, 6) is 0. The van der Waals surface area contributed by atoms with Crippen LogP contribution in [0.4, 0.5) is 0 Å². The molecule has 0 fully saturated rings. The van der Waals surface area contributed by atoms with Crippen LogP contribution in [0.1, 0.15) is 24.3 Å². The lowest BCUT2D eigenvalue weighted by Gasteiger charge is -2.30. The van der Waals surface area contributed by atoms with E-state index >= 15 is 0 Å². The van der Waals surface area contributed by atoms with Gasteiger partial charge in [-0.25, -0.2) is 14.5 Å². The van der Waals surface area contributed by atoms with E-state index in [1.165, 1.54) is 10.4 Å². The van der Waals surface area contributed by atoms with Gasteiger partial charge < -0.3 is 4.74 Å². The normalized spacial score (nSPS) is 17.8. The highest BCUT2D eigenvalue weighted by atomic mass is 32.2. The summed E-state index contributed by atoms with van der Waals surface area (Å²) >= 11 is 3.26. The Labute approximate surface area is 124 Å². The third-order valence-electron chi connectivity index (χ3n) is 3.57. The first kappa shape index (κ1) is 12.6. The second kappa shape index (κ2) is 4.16. The van der Waals surface area contributed by atoms with E-state index in [1.54, 1.807) is 33.9 Å². The van der Waals surface area contributed by atoms with Gasteiger partial charge >= 0.3 is 0 Å². The molecule has 4 rings (SSSR count). The van der Waals surface area contributed by atoms with Gasteiger partial charge in [-0.2, -0.15) is 0 Å². The monoisotopic (exact) mass is 306 g/mol. The summed E-state index contributed by atoms with van der Waals surface area (Å²) in [4.78, 5) is 11.5. The minimum Gasteiger partial charge on any atom is -0.370 e. The third kappa shape index (κ3) is 1.77. The molecule has 0 amide bonds. The average molecular weight is 306 g/mol. The number of ether oxygens (including phenoxy) is 1. The molecule has 0 saturated heterocycles. The van der Waals surface area contributed by atoms with E-state index < -0.39 is 0 Å². The zero-order chi connectivity index (χ0) is 13.9. The Balaban J connectivity index is 2.06. The summed E-state index contributed by atoms with van der Waals surface area (Å²) in [7, 11) is 0. The summed E-state index contributed by atoms with van der Waals surface area (Å²) in [6, 6.07) is 0. The lowest BCUT2D eigenvalue weighted by molar-refractivity contribution is -0.0379. The van der Waals surface area contributed by atoms with Gasteiger partial charge in [-0.1, -0.05) is 11.8 Å². The van der Waals surface area contributed by atoms with Crippen molar-refractivity contribution >= 4 is 39.0 Å². The van der Waals surface area contributed by atoms with Crippen molar-refractivity contribution < 1.29 is 4.74 Å². The smallest absolute Gasteiger partial charge is 0.209 e. The number of thiophene rings is 1. The van der Waals surface area contributed by atoms with Crippen LogP contribution >= 0.6 is 23.1 Å². The van der Waals surface area contributed by atoms with Gasteiger partial charge in [0.05, 0.1) is 17.6 Å². The van der Waals surface area contributed by atoms with Crippen LogP contribution in [0.2, 0.25) is 0 Å². The molecule has 0 bridgehead atoms. The molecule has 5 nitrogen and oxygen atoms in total. The van der Waals surface area contributed by atoms with Crippen LogP contribution in [0.25, 0.3) is 15.9 Å². The molecule has 3 aromatic heterocycles. The van der Waals surface area contributed by atoms with Crippen molar-refractivity contribution in [2.45, 2.75) is 37.6 Å². The molecule has 104 valence electrons. The first-order chi connectivity index (χ1) is 9.57. The maximum absolute atomic E-state index is 5.90. The van der Waals surface area contributed by atoms with Crippen molar-refractivity contribution in [3.8, 4) is 0 Å². The fraction of sp³-hybridized carbons (Fsp3) is 0.462. The second-order valence-electron chi connectivity index (χ2n) is 5.52. The number of rotatable bonds is 1. The summed E-state index contributed by atoms with van der Waals surface area (Å²) in [5.41, 5.74) is 2.12. The van der Waals surface area contributed by atoms with Gasteiger partial charge in [-0.3, -0.25) is 0 Å². The summed E-state index contributed by atoms with van der Waals surface area (Å²) in [5, 5.41) is 6.36. The highest BCUT2D eigenvalue weighted by Gasteiger charge is 2.30. The molecule has 20 heavy (non-hydrogen) atoms. The van der Waals surface area contributed by atoms with Crippen molar-refractivity contribution in [3.63, 3.8) is 0 Å². The predicted octanol–water partition coefficient (Wildman–Crippen LogP) is 2.91. The zero-order valence-corrected chi connectivity index (χ0v) is 13.1. The van der Waals surface area contributed by atoms with E-state index in [-0.39, 0.29) is 5.60 Å². The summed E-state index contributed by atoms with van der Waals surface area (Å²) < 4.78 is 7.68. The molecule has 4 heterocycles. The van der Waals surface area contributed by atoms with Crippen LogP contribution in [-0.2, 0) is 17.8 Å². The van der Waals surface area contributed by atoms with E-state index in [9.17, 15) is 0 Å². The number of hydrogen-bond acceptors (Lipinski definition) is 6. The van der Waals surface area contributed by atoms with Gasteiger partial charge in [-0.05, 0) is 25.7 Å². The zero-order valence-electron chi connectivity index (χ0n) is 11.5. The molecule has 0 N–H and O–H groups in total. The van der Waals surface area contributed by atoms with Crippen molar-refractivity contribution in [1.29, 1.82) is 0 Å². The largest absolute Gasteiger partial charge is 0.370 e. The van der Waals surface area contributed by atoms with Gasteiger partial charge in [0.15, 0.2) is 5.65 Å². The topological polar surface area (TPSA) is 52.3 Å². The van der Waals surface area contributed by atoms with Crippen LogP contribution in [0.15, 0.2) is 11.5 Å². The lowest BCUT2D eigenvalue weighted by Crippen LogP contribution is -2.31. The Hall–Kier alpha value is -1.18. The molecular weight excluding hydrogens is 292 g/mol. The predicted molar refractivity (Wildman–Crippen MR) is 80.5 cm³/mol. The minimum absolute atomic E-state index is 0.129. The molecule has 0 radical (unpaired) electrons. The van der Waals surface area contributed by atoms with Crippen molar-refractivity contribution in [1.82, 2.24) is 19.6 Å². The fourth-order valence-corrected chi connectivity index (χ4v) is 4.02. The molecule has 0 aromatic carbocycles. The van der Waals surface area contributed by atoms with Gasteiger partial charge in [-0.15, -0.1) is 16.4 Å². The molecule has 3 aromatic rings. The van der Waals surface area contributed by atoms with Crippen LogP contribution in [-0.4, -0.2) is 31.4 Å². The maximum atomic E-state index is 5.90. The number of aromatic nitrogens is 4. The van der Waals surface area contributed by atoms with Crippen LogP contribution in [0, 0.1) is 0 Å². The van der Waals surface area contributed by atoms with E-state index in [4.69, 9.17) is 4.74 Å². The Morgan fingerprint density at radius 3 is 3.10 bits per heavy atom. The van der Waals surface area contributed by atoms with Gasteiger partial charge in [0.2, 0.25) is 5.16 Å². The molecule has 1 aliphatic heterocycles. The van der Waals surface area contributed by atoms with E-state index in [1.807, 2.05) is 6.26 Å². The van der Waals surface area contributed by atoms with Crippen LogP contribution in [0.5, 0.6) is 0 Å². The molecule has 1 aliphatic rings. The second-order valence-corrected chi connectivity index (χ2v) is 7.38.